The zero-order valence-corrected chi connectivity index (χ0v) is 13.0. The van der Waals surface area contributed by atoms with Gasteiger partial charge >= 0.3 is 0 Å². The Morgan fingerprint density at radius 1 is 1.04 bits per heavy atom. The van der Waals surface area contributed by atoms with E-state index in [2.05, 4.69) is 5.43 Å². The van der Waals surface area contributed by atoms with E-state index in [4.69, 9.17) is 23.2 Å². The maximum absolute atomic E-state index is 13.0. The molecule has 2 aromatic rings. The second-order valence-electron chi connectivity index (χ2n) is 4.76. The summed E-state index contributed by atoms with van der Waals surface area (Å²) >= 11 is 12.0. The minimum absolute atomic E-state index is 0.0847. The van der Waals surface area contributed by atoms with Gasteiger partial charge in [-0.1, -0.05) is 35.3 Å². The van der Waals surface area contributed by atoms with Gasteiger partial charge in [-0.2, -0.15) is 0 Å². The van der Waals surface area contributed by atoms with E-state index in [1.807, 2.05) is 0 Å². The van der Waals surface area contributed by atoms with Crippen LogP contribution in [0.4, 0.5) is 10.1 Å². The van der Waals surface area contributed by atoms with Crippen molar-refractivity contribution in [3.8, 4) is 0 Å². The van der Waals surface area contributed by atoms with Crippen LogP contribution in [0.15, 0.2) is 48.0 Å². The van der Waals surface area contributed by atoms with Crippen molar-refractivity contribution in [2.45, 2.75) is 0 Å². The third-order valence-electron chi connectivity index (χ3n) is 3.26. The Morgan fingerprint density at radius 3 is 2.43 bits per heavy atom. The average molecular weight is 351 g/mol. The Bertz CT molecular complexity index is 834. The zero-order valence-electron chi connectivity index (χ0n) is 11.5. The van der Waals surface area contributed by atoms with Crippen molar-refractivity contribution in [1.82, 2.24) is 5.43 Å². The maximum Gasteiger partial charge on any atom is 0.282 e. The molecule has 1 N–H and O–H groups in total. The highest BCUT2D eigenvalue weighted by atomic mass is 35.5. The van der Waals surface area contributed by atoms with E-state index in [9.17, 15) is 14.0 Å². The largest absolute Gasteiger partial charge is 0.282 e. The molecule has 23 heavy (non-hydrogen) atoms. The number of nitrogens with zero attached hydrogens (tertiary/aromatic N) is 1. The minimum atomic E-state index is -0.574. The van der Waals surface area contributed by atoms with E-state index < -0.39 is 17.6 Å². The lowest BCUT2D eigenvalue weighted by Crippen LogP contribution is -2.35. The summed E-state index contributed by atoms with van der Waals surface area (Å²) in [6.07, 6.45) is 1.37. The number of hydrazine groups is 1. The van der Waals surface area contributed by atoms with Gasteiger partial charge in [-0.25, -0.2) is 9.40 Å². The number of hydrogen-bond donors (Lipinski definition) is 1. The van der Waals surface area contributed by atoms with E-state index in [1.54, 1.807) is 18.2 Å². The highest BCUT2D eigenvalue weighted by Crippen LogP contribution is 2.29. The molecule has 1 saturated heterocycles. The number of halogens is 3. The summed E-state index contributed by atoms with van der Waals surface area (Å²) in [4.78, 5) is 24.5. The summed E-state index contributed by atoms with van der Waals surface area (Å²) in [5, 5.41) is 1.62. The first-order valence-corrected chi connectivity index (χ1v) is 7.29. The molecule has 3 rings (SSSR count). The van der Waals surface area contributed by atoms with Crippen LogP contribution in [-0.4, -0.2) is 11.8 Å². The highest BCUT2D eigenvalue weighted by Gasteiger charge is 2.34. The number of anilines is 1. The summed E-state index contributed by atoms with van der Waals surface area (Å²) in [5.41, 5.74) is 3.15. The van der Waals surface area contributed by atoms with Crippen molar-refractivity contribution in [3.63, 3.8) is 0 Å². The number of carbonyl (C=O) groups is 2. The molecule has 0 unspecified atom stereocenters. The number of amides is 2. The molecule has 0 aliphatic carbocycles. The van der Waals surface area contributed by atoms with Crippen molar-refractivity contribution in [3.05, 3.63) is 69.5 Å². The van der Waals surface area contributed by atoms with Crippen LogP contribution >= 0.6 is 23.2 Å². The molecule has 0 spiro atoms. The van der Waals surface area contributed by atoms with Gasteiger partial charge in [0.1, 0.15) is 11.4 Å². The number of carbonyl (C=O) groups excluding carboxylic acids is 2. The Labute approximate surface area is 141 Å². The smallest absolute Gasteiger partial charge is 0.267 e. The van der Waals surface area contributed by atoms with Gasteiger partial charge < -0.3 is 0 Å². The second-order valence-corrected chi connectivity index (χ2v) is 5.54. The van der Waals surface area contributed by atoms with Crippen LogP contribution in [0.25, 0.3) is 6.08 Å². The fourth-order valence-corrected chi connectivity index (χ4v) is 2.48. The van der Waals surface area contributed by atoms with Crippen LogP contribution in [0, 0.1) is 5.82 Å². The van der Waals surface area contributed by atoms with Crippen LogP contribution in [0.2, 0.25) is 10.0 Å². The molecule has 2 amide bonds. The molecular formula is C16H9Cl2FN2O2. The molecule has 1 aliphatic heterocycles. The van der Waals surface area contributed by atoms with Crippen LogP contribution in [0.1, 0.15) is 5.56 Å². The van der Waals surface area contributed by atoms with Crippen LogP contribution in [0.3, 0.4) is 0 Å². The molecule has 2 aromatic carbocycles. The van der Waals surface area contributed by atoms with Crippen molar-refractivity contribution >= 4 is 46.8 Å². The minimum Gasteiger partial charge on any atom is -0.267 e. The van der Waals surface area contributed by atoms with Gasteiger partial charge in [0, 0.05) is 0 Å². The average Bonchev–Trinajstić information content (AvgIpc) is 2.80. The number of nitrogens with one attached hydrogen (secondary N) is 1. The molecule has 0 bridgehead atoms. The van der Waals surface area contributed by atoms with Crippen molar-refractivity contribution in [2.24, 2.45) is 0 Å². The van der Waals surface area contributed by atoms with E-state index >= 15 is 0 Å². The van der Waals surface area contributed by atoms with Crippen molar-refractivity contribution in [2.75, 3.05) is 5.01 Å². The number of hydrogen-bond acceptors (Lipinski definition) is 2. The monoisotopic (exact) mass is 350 g/mol. The van der Waals surface area contributed by atoms with Gasteiger partial charge in [-0.05, 0) is 42.0 Å². The predicted octanol–water partition coefficient (Wildman–Crippen LogP) is 3.59. The lowest BCUT2D eigenvalue weighted by Gasteiger charge is -2.14. The van der Waals surface area contributed by atoms with Gasteiger partial charge in [0.25, 0.3) is 11.8 Å². The second kappa shape index (κ2) is 6.02. The SMILES string of the molecule is O=C1NN(c2ccc(F)cc2)C(=O)/C1=C/c1cccc(Cl)c1Cl. The molecule has 0 aromatic heterocycles. The molecule has 1 heterocycles. The third-order valence-corrected chi connectivity index (χ3v) is 4.09. The Kier molecular flexibility index (Phi) is 4.07. The molecule has 4 nitrogen and oxygen atoms in total. The summed E-state index contributed by atoms with van der Waals surface area (Å²) in [5.74, 6) is -1.57. The van der Waals surface area contributed by atoms with Gasteiger partial charge in [-0.15, -0.1) is 0 Å². The van der Waals surface area contributed by atoms with E-state index in [0.717, 1.165) is 5.01 Å². The Morgan fingerprint density at radius 2 is 1.74 bits per heavy atom. The van der Waals surface area contributed by atoms with E-state index in [0.29, 0.717) is 16.3 Å². The van der Waals surface area contributed by atoms with Gasteiger partial charge in [0.2, 0.25) is 0 Å². The van der Waals surface area contributed by atoms with Gasteiger partial charge in [-0.3, -0.25) is 15.0 Å². The number of rotatable bonds is 2. The highest BCUT2D eigenvalue weighted by molar-refractivity contribution is 6.43. The zero-order chi connectivity index (χ0) is 16.6. The van der Waals surface area contributed by atoms with Gasteiger partial charge in [0.05, 0.1) is 15.7 Å². The molecule has 7 heteroatoms. The maximum atomic E-state index is 13.0. The predicted molar refractivity (Wildman–Crippen MR) is 86.5 cm³/mol. The fourth-order valence-electron chi connectivity index (χ4n) is 2.12. The quantitative estimate of drug-likeness (QED) is 0.664. The standard InChI is InChI=1S/C16H9Cl2FN2O2/c17-13-3-1-2-9(14(13)18)8-12-15(22)20-21(16(12)23)11-6-4-10(19)5-7-11/h1-8H,(H,20,22)/b12-8+. The first-order valence-electron chi connectivity index (χ1n) is 6.54. The van der Waals surface area contributed by atoms with Gasteiger partial charge in [0.15, 0.2) is 0 Å². The van der Waals surface area contributed by atoms with E-state index in [1.165, 1.54) is 30.3 Å². The first-order chi connectivity index (χ1) is 11.0. The summed E-state index contributed by atoms with van der Waals surface area (Å²) in [7, 11) is 0. The molecule has 0 radical (unpaired) electrons. The molecule has 1 aliphatic rings. The van der Waals surface area contributed by atoms with Crippen LogP contribution in [-0.2, 0) is 9.59 Å². The lowest BCUT2D eigenvalue weighted by atomic mass is 10.1. The Hall–Kier alpha value is -2.37. The third kappa shape index (κ3) is 2.93. The fraction of sp³-hybridized carbons (Fsp3) is 0. The summed E-state index contributed by atoms with van der Waals surface area (Å²) in [6, 6.07) is 10.1. The van der Waals surface area contributed by atoms with E-state index in [-0.39, 0.29) is 10.6 Å². The summed E-state index contributed by atoms with van der Waals surface area (Å²) < 4.78 is 13.0. The van der Waals surface area contributed by atoms with Crippen LogP contribution < -0.4 is 10.4 Å². The molecule has 0 atom stereocenters. The first kappa shape index (κ1) is 15.5. The molecule has 1 fully saturated rings. The molecule has 0 saturated carbocycles. The summed E-state index contributed by atoms with van der Waals surface area (Å²) in [6.45, 7) is 0. The Balaban J connectivity index is 1.97. The van der Waals surface area contributed by atoms with Crippen molar-refractivity contribution < 1.29 is 14.0 Å². The number of benzene rings is 2. The van der Waals surface area contributed by atoms with Crippen LogP contribution in [0.5, 0.6) is 0 Å². The molecule has 116 valence electrons. The van der Waals surface area contributed by atoms with Crippen molar-refractivity contribution in [1.29, 1.82) is 0 Å². The topological polar surface area (TPSA) is 49.4 Å². The lowest BCUT2D eigenvalue weighted by molar-refractivity contribution is -0.117. The normalized spacial score (nSPS) is 16.1. The molecular weight excluding hydrogens is 342 g/mol.